The van der Waals surface area contributed by atoms with E-state index in [0.717, 1.165) is 38.5 Å². The second-order valence-electron chi connectivity index (χ2n) is 7.08. The fourth-order valence-corrected chi connectivity index (χ4v) is 4.19. The van der Waals surface area contributed by atoms with Crippen LogP contribution in [0.4, 0.5) is 0 Å². The summed E-state index contributed by atoms with van der Waals surface area (Å²) in [6.07, 6.45) is 13.3. The zero-order valence-corrected chi connectivity index (χ0v) is 17.3. The zero-order chi connectivity index (χ0) is 19.8. The molecule has 2 atom stereocenters. The molecule has 0 rings (SSSR count). The van der Waals surface area contributed by atoms with Crippen LogP contribution < -0.4 is 0 Å². The van der Waals surface area contributed by atoms with Crippen LogP contribution >= 0.6 is 11.8 Å². The highest BCUT2D eigenvalue weighted by atomic mass is 32.2. The number of thioether (sulfide) groups is 1. The molecule has 0 spiro atoms. The quantitative estimate of drug-likeness (QED) is 0.143. The van der Waals surface area contributed by atoms with E-state index in [1.807, 2.05) is 6.26 Å². The fraction of sp³-hybridized carbons (Fsp3) is 0.947. The third-order valence-electron chi connectivity index (χ3n) is 4.87. The molecule has 0 aliphatic rings. The van der Waals surface area contributed by atoms with Crippen molar-refractivity contribution in [2.75, 3.05) is 6.26 Å². The lowest BCUT2D eigenvalue weighted by Crippen LogP contribution is -2.47. The van der Waals surface area contributed by atoms with Crippen LogP contribution in [0.1, 0.15) is 96.8 Å². The summed E-state index contributed by atoms with van der Waals surface area (Å²) < 4.78 is 0. The Hall–Kier alpha value is -0.820. The third-order valence-corrected chi connectivity index (χ3v) is 6.05. The second-order valence-corrected chi connectivity index (χ2v) is 8.12. The highest BCUT2D eigenvalue weighted by Gasteiger charge is 2.47. The maximum absolute atomic E-state index is 11.5. The summed E-state index contributed by atoms with van der Waals surface area (Å²) >= 11 is 1.39. The van der Waals surface area contributed by atoms with Gasteiger partial charge in [0.15, 0.2) is 0 Å². The van der Waals surface area contributed by atoms with E-state index in [9.17, 15) is 20.0 Å². The van der Waals surface area contributed by atoms with E-state index in [0.29, 0.717) is 19.3 Å². The van der Waals surface area contributed by atoms with Crippen LogP contribution in [0.15, 0.2) is 0 Å². The van der Waals surface area contributed by atoms with Crippen molar-refractivity contribution in [3.63, 3.8) is 0 Å². The van der Waals surface area contributed by atoms with Crippen molar-refractivity contribution in [2.24, 2.45) is 0 Å². The molecule has 0 aliphatic carbocycles. The van der Waals surface area contributed by atoms with Crippen LogP contribution in [-0.2, 0) is 4.79 Å². The number of aliphatic hydroxyl groups is 1. The van der Waals surface area contributed by atoms with Gasteiger partial charge >= 0.3 is 11.7 Å². The van der Waals surface area contributed by atoms with Gasteiger partial charge in [-0.2, -0.15) is 11.8 Å². The van der Waals surface area contributed by atoms with Gasteiger partial charge in [-0.25, -0.2) is 0 Å². The van der Waals surface area contributed by atoms with Gasteiger partial charge in [-0.15, -0.1) is 0 Å². The van der Waals surface area contributed by atoms with Crippen molar-refractivity contribution < 1.29 is 19.9 Å². The lowest BCUT2D eigenvalue weighted by molar-refractivity contribution is -0.625. The molecule has 0 fully saturated rings. The Bertz CT molecular complexity index is 394. The second kappa shape index (κ2) is 15.3. The number of aliphatic carboxylic acids is 1. The molecule has 0 saturated carbocycles. The van der Waals surface area contributed by atoms with E-state index in [2.05, 4.69) is 6.92 Å². The minimum Gasteiger partial charge on any atom is -0.481 e. The first-order valence-corrected chi connectivity index (χ1v) is 11.3. The molecule has 0 bridgehead atoms. The van der Waals surface area contributed by atoms with Gasteiger partial charge < -0.3 is 10.2 Å². The summed E-state index contributed by atoms with van der Waals surface area (Å²) in [5.74, 6) is -0.787. The molecule has 0 heterocycles. The van der Waals surface area contributed by atoms with Crippen LogP contribution in [0.2, 0.25) is 0 Å². The molecule has 2 unspecified atom stereocenters. The van der Waals surface area contributed by atoms with E-state index in [1.54, 1.807) is 0 Å². The molecular weight excluding hydrogens is 354 g/mol. The number of carboxylic acids is 1. The van der Waals surface area contributed by atoms with Gasteiger partial charge in [0.05, 0.1) is 4.92 Å². The summed E-state index contributed by atoms with van der Waals surface area (Å²) in [4.78, 5) is 21.5. The lowest BCUT2D eigenvalue weighted by Gasteiger charge is -2.27. The minimum atomic E-state index is -1.86. The van der Waals surface area contributed by atoms with Crippen LogP contribution in [0.3, 0.4) is 0 Å². The number of nitrogens with zero attached hydrogens (tertiary/aromatic N) is 1. The van der Waals surface area contributed by atoms with E-state index in [-0.39, 0.29) is 18.1 Å². The Balaban J connectivity index is 4.23. The molecule has 0 radical (unpaired) electrons. The van der Waals surface area contributed by atoms with Crippen molar-refractivity contribution in [3.05, 3.63) is 10.1 Å². The van der Waals surface area contributed by atoms with Gasteiger partial charge in [0, 0.05) is 12.8 Å². The molecule has 0 aliphatic heterocycles. The Labute approximate surface area is 162 Å². The number of carboxylic acid groups (broad SMARTS) is 1. The number of unbranched alkanes of at least 4 members (excludes halogenated alkanes) is 9. The number of rotatable bonds is 18. The molecule has 7 heteroatoms. The molecule has 26 heavy (non-hydrogen) atoms. The average molecular weight is 392 g/mol. The minimum absolute atomic E-state index is 0.167. The van der Waals surface area contributed by atoms with Gasteiger partial charge in [0.25, 0.3) is 0 Å². The molecular formula is C19H37NO5S. The number of nitro groups is 1. The smallest absolute Gasteiger partial charge is 0.334 e. The molecule has 0 amide bonds. The monoisotopic (exact) mass is 391 g/mol. The molecule has 0 aromatic carbocycles. The highest BCUT2D eigenvalue weighted by Crippen LogP contribution is 2.32. The first kappa shape index (κ1) is 25.2. The first-order chi connectivity index (χ1) is 12.4. The average Bonchev–Trinajstić information content (AvgIpc) is 2.59. The van der Waals surface area contributed by atoms with Gasteiger partial charge in [-0.3, -0.25) is 14.9 Å². The fourth-order valence-electron chi connectivity index (χ4n) is 3.21. The molecule has 0 aromatic rings. The highest BCUT2D eigenvalue weighted by molar-refractivity contribution is 7.99. The molecule has 6 nitrogen and oxygen atoms in total. The Morgan fingerprint density at radius 1 is 1.04 bits per heavy atom. The van der Waals surface area contributed by atoms with E-state index < -0.39 is 16.6 Å². The molecule has 154 valence electrons. The number of hydrogen-bond acceptors (Lipinski definition) is 5. The first-order valence-electron chi connectivity index (χ1n) is 10.00. The van der Waals surface area contributed by atoms with Gasteiger partial charge in [-0.1, -0.05) is 64.7 Å². The topological polar surface area (TPSA) is 101 Å². The van der Waals surface area contributed by atoms with E-state index in [4.69, 9.17) is 5.11 Å². The number of hydrogen-bond donors (Lipinski definition) is 2. The SMILES string of the molecule is CCCCCCCCC(SC)C(O)(CCCCCCCC(=O)O)[N+](=O)[O-]. The zero-order valence-electron chi connectivity index (χ0n) is 16.5. The molecule has 2 N–H and O–H groups in total. The predicted molar refractivity (Wildman–Crippen MR) is 107 cm³/mol. The van der Waals surface area contributed by atoms with Crippen LogP contribution in [0.5, 0.6) is 0 Å². The van der Waals surface area contributed by atoms with Crippen LogP contribution in [-0.4, -0.2) is 38.3 Å². The molecule has 0 saturated heterocycles. The van der Waals surface area contributed by atoms with Crippen LogP contribution in [0.25, 0.3) is 0 Å². The molecule has 0 aromatic heterocycles. The lowest BCUT2D eigenvalue weighted by atomic mass is 9.96. The standard InChI is InChI=1S/C19H37NO5S/c1-3-4-5-6-8-11-14-17(26-2)19(23,20(24)25)16-13-10-7-9-12-15-18(21)22/h17,23H,3-16H2,1-2H3,(H,21,22). The van der Waals surface area contributed by atoms with Gasteiger partial charge in [0.2, 0.25) is 0 Å². The maximum atomic E-state index is 11.5. The van der Waals surface area contributed by atoms with Crippen molar-refractivity contribution in [3.8, 4) is 0 Å². The summed E-state index contributed by atoms with van der Waals surface area (Å²) in [7, 11) is 0. The van der Waals surface area contributed by atoms with Crippen molar-refractivity contribution in [1.29, 1.82) is 0 Å². The predicted octanol–water partition coefficient (Wildman–Crippen LogP) is 5.25. The van der Waals surface area contributed by atoms with Gasteiger partial charge in [-0.05, 0) is 25.5 Å². The number of carbonyl (C=O) groups is 1. The van der Waals surface area contributed by atoms with E-state index >= 15 is 0 Å². The maximum Gasteiger partial charge on any atom is 0.334 e. The van der Waals surface area contributed by atoms with E-state index in [1.165, 1.54) is 31.0 Å². The summed E-state index contributed by atoms with van der Waals surface area (Å²) in [6, 6.07) is 0. The van der Waals surface area contributed by atoms with Crippen molar-refractivity contribution in [1.82, 2.24) is 0 Å². The summed E-state index contributed by atoms with van der Waals surface area (Å²) in [5, 5.41) is 30.4. The van der Waals surface area contributed by atoms with Crippen LogP contribution in [0, 0.1) is 10.1 Å². The van der Waals surface area contributed by atoms with Crippen molar-refractivity contribution >= 4 is 17.7 Å². The normalized spacial score (nSPS) is 14.7. The summed E-state index contributed by atoms with van der Waals surface area (Å²) in [5.41, 5.74) is -1.86. The summed E-state index contributed by atoms with van der Waals surface area (Å²) in [6.45, 7) is 2.17. The Morgan fingerprint density at radius 3 is 2.12 bits per heavy atom. The Morgan fingerprint density at radius 2 is 1.58 bits per heavy atom. The largest absolute Gasteiger partial charge is 0.481 e. The van der Waals surface area contributed by atoms with Gasteiger partial charge in [0.1, 0.15) is 5.25 Å². The van der Waals surface area contributed by atoms with Crippen molar-refractivity contribution in [2.45, 2.75) is 108 Å². The third kappa shape index (κ3) is 11.0. The Kier molecular flexibility index (Phi) is 14.8.